The number of carbonyl (C=O) groups is 2. The average Bonchev–Trinajstić information content (AvgIpc) is 3.22. The third-order valence-corrected chi connectivity index (χ3v) is 17.5. The first-order valence-electron chi connectivity index (χ1n) is 22.3. The van der Waals surface area contributed by atoms with Gasteiger partial charge in [-0.05, 0) is 98.7 Å². The predicted molar refractivity (Wildman–Crippen MR) is 213 cm³/mol. The molecule has 60 heavy (non-hydrogen) atoms. The van der Waals surface area contributed by atoms with Crippen molar-refractivity contribution >= 4 is 11.9 Å². The smallest absolute Gasteiger partial charge is 0.338 e. The van der Waals surface area contributed by atoms with E-state index in [1.165, 1.54) is 5.57 Å². The van der Waals surface area contributed by atoms with Gasteiger partial charge in [0, 0.05) is 11.3 Å². The molecule has 0 radical (unpaired) electrons. The third-order valence-electron chi connectivity index (χ3n) is 17.5. The standard InChI is InChI=1S/C45H70O15/c1-7-8-19-56-37(54)36-33(51)32(50)35(53)39(59-36)58-29-13-14-41(3)27(42(29,4)22-47)12-15-44(6)28(41)10-9-24-25-20-23(2)11-16-45(25,18-17-43(24,44)5)40(55)60-38-34(52)31(49)30(48)26(21-46)57-38/h9,25-36,38-39,46-53H,2,7-8,10-22H2,1,3-6H3/t25?,26-,27?,28?,29?,30-,31+,32-,33-,34-,35+,36-,38?,39+,41?,42?,43?,44?,45?/m0/s1. The molecule has 6 fully saturated rings. The van der Waals surface area contributed by atoms with Crippen molar-refractivity contribution < 1.29 is 74.1 Å². The highest BCUT2D eigenvalue weighted by molar-refractivity contribution is 5.79. The first-order valence-corrected chi connectivity index (χ1v) is 22.3. The summed E-state index contributed by atoms with van der Waals surface area (Å²) in [6, 6.07) is 0. The van der Waals surface area contributed by atoms with Crippen LogP contribution in [0.3, 0.4) is 0 Å². The number of fused-ring (bicyclic) bond motifs is 7. The van der Waals surface area contributed by atoms with Crippen molar-refractivity contribution in [2.24, 2.45) is 44.8 Å². The fourth-order valence-electron chi connectivity index (χ4n) is 13.5. The summed E-state index contributed by atoms with van der Waals surface area (Å²) in [7, 11) is 0. The van der Waals surface area contributed by atoms with Gasteiger partial charge < -0.3 is 64.5 Å². The highest BCUT2D eigenvalue weighted by Gasteiger charge is 2.70. The number of ether oxygens (including phenoxy) is 5. The Hall–Kier alpha value is -2.02. The zero-order valence-corrected chi connectivity index (χ0v) is 35.9. The summed E-state index contributed by atoms with van der Waals surface area (Å²) in [5, 5.41) is 85.0. The Kier molecular flexibility index (Phi) is 12.9. The van der Waals surface area contributed by atoms with Crippen molar-refractivity contribution in [2.45, 2.75) is 179 Å². The summed E-state index contributed by atoms with van der Waals surface area (Å²) >= 11 is 0. The maximum Gasteiger partial charge on any atom is 0.338 e. The van der Waals surface area contributed by atoms with E-state index in [1.807, 2.05) is 13.8 Å². The quantitative estimate of drug-likeness (QED) is 0.0680. The predicted octanol–water partition coefficient (Wildman–Crippen LogP) is 2.17. The summed E-state index contributed by atoms with van der Waals surface area (Å²) in [5.41, 5.74) is -0.217. The maximum atomic E-state index is 14.5. The number of unbranched alkanes of at least 4 members (excludes halogenated alkanes) is 1. The van der Waals surface area contributed by atoms with Gasteiger partial charge in [0.1, 0.15) is 42.7 Å². The molecule has 15 heteroatoms. The van der Waals surface area contributed by atoms with Crippen molar-refractivity contribution in [3.05, 3.63) is 23.8 Å². The van der Waals surface area contributed by atoms with Crippen LogP contribution < -0.4 is 0 Å². The third kappa shape index (κ3) is 7.05. The van der Waals surface area contributed by atoms with Crippen LogP contribution in [0.1, 0.15) is 112 Å². The molecule has 2 aliphatic heterocycles. The molecule has 2 heterocycles. The zero-order valence-electron chi connectivity index (χ0n) is 35.9. The first-order chi connectivity index (χ1) is 28.3. The second-order valence-corrected chi connectivity index (χ2v) is 20.3. The molecule has 340 valence electrons. The van der Waals surface area contributed by atoms with Crippen LogP contribution in [0.2, 0.25) is 0 Å². The number of rotatable bonds is 10. The van der Waals surface area contributed by atoms with E-state index in [0.29, 0.717) is 44.9 Å². The Balaban J connectivity index is 1.13. The molecule has 5 aliphatic carbocycles. The lowest BCUT2D eigenvalue weighted by molar-refractivity contribution is -0.328. The molecule has 0 amide bonds. The minimum Gasteiger partial charge on any atom is -0.464 e. The fraction of sp³-hybridized carbons (Fsp3) is 0.867. The van der Waals surface area contributed by atoms with Crippen LogP contribution in [0.4, 0.5) is 0 Å². The van der Waals surface area contributed by atoms with Gasteiger partial charge in [-0.25, -0.2) is 4.79 Å². The molecule has 7 rings (SSSR count). The fourth-order valence-corrected chi connectivity index (χ4v) is 13.5. The number of aliphatic hydroxyl groups is 8. The van der Waals surface area contributed by atoms with Gasteiger partial charge in [-0.1, -0.05) is 64.8 Å². The van der Waals surface area contributed by atoms with Crippen molar-refractivity contribution in [1.82, 2.24) is 0 Å². The SMILES string of the molecule is C=C1CCC2(C(=O)OC3O[C@@H](CO)[C@H](O)[C@@H](O)[C@@H]3O)CCC3(C)C(=CCC4C5(C)CCC(O[C@@H]6O[C@H](C(=O)OCCCC)[C@@H](O)[C@H](O)[C@H]6O)C(C)(CO)C5CCC43C)C2C1. The van der Waals surface area contributed by atoms with Gasteiger partial charge in [0.25, 0.3) is 0 Å². The Morgan fingerprint density at radius 2 is 1.53 bits per heavy atom. The highest BCUT2D eigenvalue weighted by Crippen LogP contribution is 2.75. The van der Waals surface area contributed by atoms with E-state index in [2.05, 4.69) is 33.4 Å². The lowest BCUT2D eigenvalue weighted by atomic mass is 9.34. The van der Waals surface area contributed by atoms with Gasteiger partial charge in [-0.15, -0.1) is 0 Å². The number of hydrogen-bond acceptors (Lipinski definition) is 15. The van der Waals surface area contributed by atoms with Gasteiger partial charge >= 0.3 is 11.9 Å². The molecule has 15 nitrogen and oxygen atoms in total. The second-order valence-electron chi connectivity index (χ2n) is 20.3. The van der Waals surface area contributed by atoms with E-state index in [-0.39, 0.29) is 47.2 Å². The van der Waals surface area contributed by atoms with Gasteiger partial charge in [0.05, 0.1) is 31.3 Å². The molecule has 7 aliphatic rings. The van der Waals surface area contributed by atoms with Gasteiger partial charge in [0.15, 0.2) is 12.4 Å². The van der Waals surface area contributed by atoms with Gasteiger partial charge in [-0.2, -0.15) is 0 Å². The number of aliphatic hydroxyl groups excluding tert-OH is 8. The molecule has 0 spiro atoms. The first kappa shape index (κ1) is 46.0. The van der Waals surface area contributed by atoms with Gasteiger partial charge in [0.2, 0.25) is 6.29 Å². The minimum atomic E-state index is -1.72. The largest absolute Gasteiger partial charge is 0.464 e. The van der Waals surface area contributed by atoms with Crippen LogP contribution in [0.15, 0.2) is 23.8 Å². The van der Waals surface area contributed by atoms with Gasteiger partial charge in [-0.3, -0.25) is 4.79 Å². The Morgan fingerprint density at radius 1 is 0.833 bits per heavy atom. The summed E-state index contributed by atoms with van der Waals surface area (Å²) < 4.78 is 29.2. The van der Waals surface area contributed by atoms with Crippen LogP contribution in [-0.4, -0.2) is 140 Å². The van der Waals surface area contributed by atoms with Crippen LogP contribution in [0.5, 0.6) is 0 Å². The number of carbonyl (C=O) groups excluding carboxylic acids is 2. The molecule has 0 aromatic rings. The molecule has 19 atom stereocenters. The van der Waals surface area contributed by atoms with Crippen LogP contribution in [0, 0.1) is 44.8 Å². The summed E-state index contributed by atoms with van der Waals surface area (Å²) in [5.74, 6) is -1.40. The minimum absolute atomic E-state index is 0.0120. The summed E-state index contributed by atoms with van der Waals surface area (Å²) in [6.45, 7) is 14.7. The molecule has 4 saturated carbocycles. The molecular weight excluding hydrogens is 780 g/mol. The second kappa shape index (κ2) is 16.8. The summed E-state index contributed by atoms with van der Waals surface area (Å²) in [4.78, 5) is 27.4. The monoisotopic (exact) mass is 850 g/mol. The number of esters is 2. The molecule has 0 aromatic heterocycles. The topological polar surface area (TPSA) is 242 Å². The van der Waals surface area contributed by atoms with Crippen molar-refractivity contribution in [2.75, 3.05) is 19.8 Å². The van der Waals surface area contributed by atoms with Crippen molar-refractivity contribution in [3.8, 4) is 0 Å². The van der Waals surface area contributed by atoms with E-state index >= 15 is 0 Å². The van der Waals surface area contributed by atoms with Crippen LogP contribution >= 0.6 is 0 Å². The normalized spacial score (nSPS) is 50.3. The van der Waals surface area contributed by atoms with E-state index in [1.54, 1.807) is 0 Å². The van der Waals surface area contributed by atoms with E-state index in [0.717, 1.165) is 37.7 Å². The van der Waals surface area contributed by atoms with E-state index in [4.69, 9.17) is 23.7 Å². The Bertz CT molecular complexity index is 1650. The molecule has 0 aromatic carbocycles. The average molecular weight is 851 g/mol. The summed E-state index contributed by atoms with van der Waals surface area (Å²) in [6.07, 6.45) is -6.03. The van der Waals surface area contributed by atoms with Crippen molar-refractivity contribution in [3.63, 3.8) is 0 Å². The molecule has 2 saturated heterocycles. The van der Waals surface area contributed by atoms with Crippen LogP contribution in [-0.2, 0) is 33.3 Å². The molecule has 8 N–H and O–H groups in total. The Labute approximate surface area is 353 Å². The molecule has 10 unspecified atom stereocenters. The zero-order chi connectivity index (χ0) is 43.7. The highest BCUT2D eigenvalue weighted by atomic mass is 16.7. The van der Waals surface area contributed by atoms with E-state index in [9.17, 15) is 50.4 Å². The van der Waals surface area contributed by atoms with Crippen LogP contribution in [0.25, 0.3) is 0 Å². The lowest BCUT2D eigenvalue weighted by Crippen LogP contribution is -2.67. The number of hydrogen-bond donors (Lipinski definition) is 8. The molecule has 0 bridgehead atoms. The number of allylic oxidation sites excluding steroid dienone is 3. The molecular formula is C45H70O15. The maximum absolute atomic E-state index is 14.5. The lowest BCUT2D eigenvalue weighted by Gasteiger charge is -2.71. The van der Waals surface area contributed by atoms with E-state index < -0.39 is 96.9 Å². The Morgan fingerprint density at radius 3 is 2.22 bits per heavy atom. The van der Waals surface area contributed by atoms with Crippen molar-refractivity contribution in [1.29, 1.82) is 0 Å².